The Morgan fingerprint density at radius 3 is 2.42 bits per heavy atom. The molecule has 160 valence electrons. The van der Waals surface area contributed by atoms with E-state index in [1.165, 1.54) is 5.56 Å². The van der Waals surface area contributed by atoms with Gasteiger partial charge in [-0.1, -0.05) is 68.4 Å². The maximum absolute atomic E-state index is 12.8. The highest BCUT2D eigenvalue weighted by atomic mass is 16.1. The summed E-state index contributed by atoms with van der Waals surface area (Å²) in [5, 5.41) is 3.11. The van der Waals surface area contributed by atoms with Gasteiger partial charge in [-0.15, -0.1) is 0 Å². The molecule has 1 saturated heterocycles. The van der Waals surface area contributed by atoms with E-state index in [0.29, 0.717) is 25.0 Å². The highest BCUT2D eigenvalue weighted by molar-refractivity contribution is 5.79. The number of benzene rings is 2. The summed E-state index contributed by atoms with van der Waals surface area (Å²) in [5.41, 5.74) is 4.55. The molecule has 1 aliphatic rings. The molecular formula is C26H30N4O. The van der Waals surface area contributed by atoms with Gasteiger partial charge in [-0.3, -0.25) is 4.79 Å². The SMILES string of the molecule is CC(C)c1ccc(CNC(=O)[C@H]2CCCN(c3ncc(-c4ccccc4)cn3)C2)cc1. The van der Waals surface area contributed by atoms with Crippen molar-refractivity contribution < 1.29 is 4.79 Å². The first kappa shape index (κ1) is 21.0. The first-order chi connectivity index (χ1) is 15.1. The third-order valence-electron chi connectivity index (χ3n) is 5.93. The van der Waals surface area contributed by atoms with E-state index >= 15 is 0 Å². The van der Waals surface area contributed by atoms with Crippen molar-refractivity contribution in [1.82, 2.24) is 15.3 Å². The fourth-order valence-electron chi connectivity index (χ4n) is 3.99. The summed E-state index contributed by atoms with van der Waals surface area (Å²) in [6, 6.07) is 18.6. The lowest BCUT2D eigenvalue weighted by molar-refractivity contribution is -0.125. The molecule has 3 aromatic rings. The number of anilines is 1. The molecule has 0 bridgehead atoms. The molecule has 1 N–H and O–H groups in total. The van der Waals surface area contributed by atoms with E-state index in [9.17, 15) is 4.79 Å². The molecule has 2 aromatic carbocycles. The summed E-state index contributed by atoms with van der Waals surface area (Å²) < 4.78 is 0. The minimum Gasteiger partial charge on any atom is -0.352 e. The lowest BCUT2D eigenvalue weighted by Crippen LogP contribution is -2.43. The first-order valence-electron chi connectivity index (χ1n) is 11.1. The molecule has 0 saturated carbocycles. The number of carbonyl (C=O) groups excluding carboxylic acids is 1. The zero-order chi connectivity index (χ0) is 21.6. The maximum atomic E-state index is 12.8. The second-order valence-corrected chi connectivity index (χ2v) is 8.54. The van der Waals surface area contributed by atoms with Crippen molar-refractivity contribution in [3.8, 4) is 11.1 Å². The van der Waals surface area contributed by atoms with Gasteiger partial charge in [-0.25, -0.2) is 9.97 Å². The van der Waals surface area contributed by atoms with Gasteiger partial charge in [-0.2, -0.15) is 0 Å². The van der Waals surface area contributed by atoms with Crippen LogP contribution in [-0.2, 0) is 11.3 Å². The summed E-state index contributed by atoms with van der Waals surface area (Å²) in [5.74, 6) is 1.28. The van der Waals surface area contributed by atoms with Gasteiger partial charge in [0, 0.05) is 37.6 Å². The minimum atomic E-state index is -0.0407. The number of amides is 1. The molecule has 31 heavy (non-hydrogen) atoms. The average molecular weight is 415 g/mol. The highest BCUT2D eigenvalue weighted by Crippen LogP contribution is 2.23. The summed E-state index contributed by atoms with van der Waals surface area (Å²) >= 11 is 0. The van der Waals surface area contributed by atoms with Crippen LogP contribution in [0.2, 0.25) is 0 Å². The largest absolute Gasteiger partial charge is 0.352 e. The molecule has 2 heterocycles. The van der Waals surface area contributed by atoms with Crippen LogP contribution >= 0.6 is 0 Å². The number of hydrogen-bond acceptors (Lipinski definition) is 4. The molecule has 1 amide bonds. The van der Waals surface area contributed by atoms with E-state index in [1.807, 2.05) is 30.6 Å². The van der Waals surface area contributed by atoms with Crippen LogP contribution in [0.5, 0.6) is 0 Å². The number of aromatic nitrogens is 2. The Kier molecular flexibility index (Phi) is 6.60. The van der Waals surface area contributed by atoms with Crippen molar-refractivity contribution in [2.75, 3.05) is 18.0 Å². The number of hydrogen-bond donors (Lipinski definition) is 1. The molecule has 0 aliphatic carbocycles. The molecular weight excluding hydrogens is 384 g/mol. The Hall–Kier alpha value is -3.21. The van der Waals surface area contributed by atoms with Crippen LogP contribution in [0.1, 0.15) is 43.7 Å². The third kappa shape index (κ3) is 5.29. The predicted octanol–water partition coefficient (Wildman–Crippen LogP) is 4.80. The van der Waals surface area contributed by atoms with Gasteiger partial charge < -0.3 is 10.2 Å². The van der Waals surface area contributed by atoms with E-state index in [0.717, 1.165) is 36.1 Å². The van der Waals surface area contributed by atoms with Crippen molar-refractivity contribution in [2.45, 2.75) is 39.2 Å². The van der Waals surface area contributed by atoms with Crippen LogP contribution in [0.4, 0.5) is 5.95 Å². The average Bonchev–Trinajstić information content (AvgIpc) is 2.83. The van der Waals surface area contributed by atoms with E-state index in [1.54, 1.807) is 0 Å². The van der Waals surface area contributed by atoms with Gasteiger partial charge in [0.15, 0.2) is 0 Å². The van der Waals surface area contributed by atoms with Crippen LogP contribution < -0.4 is 10.2 Å². The van der Waals surface area contributed by atoms with Crippen LogP contribution in [0, 0.1) is 5.92 Å². The molecule has 1 aromatic heterocycles. The fourth-order valence-corrected chi connectivity index (χ4v) is 3.99. The number of carbonyl (C=O) groups is 1. The lowest BCUT2D eigenvalue weighted by atomic mass is 9.97. The minimum absolute atomic E-state index is 0.0407. The van der Waals surface area contributed by atoms with E-state index in [4.69, 9.17) is 0 Å². The van der Waals surface area contributed by atoms with Crippen molar-refractivity contribution in [3.63, 3.8) is 0 Å². The smallest absolute Gasteiger partial charge is 0.225 e. The van der Waals surface area contributed by atoms with Crippen LogP contribution in [-0.4, -0.2) is 29.0 Å². The highest BCUT2D eigenvalue weighted by Gasteiger charge is 2.27. The molecule has 1 aliphatic heterocycles. The number of nitrogens with one attached hydrogen (secondary N) is 1. The van der Waals surface area contributed by atoms with Crippen LogP contribution in [0.25, 0.3) is 11.1 Å². The van der Waals surface area contributed by atoms with Gasteiger partial charge >= 0.3 is 0 Å². The molecule has 1 fully saturated rings. The monoisotopic (exact) mass is 414 g/mol. The van der Waals surface area contributed by atoms with Crippen molar-refractivity contribution in [1.29, 1.82) is 0 Å². The van der Waals surface area contributed by atoms with Gasteiger partial charge in [-0.05, 0) is 35.4 Å². The molecule has 5 nitrogen and oxygen atoms in total. The normalized spacial score (nSPS) is 16.4. The molecule has 0 spiro atoms. The van der Waals surface area contributed by atoms with E-state index in [2.05, 4.69) is 70.4 Å². The van der Waals surface area contributed by atoms with Crippen molar-refractivity contribution in [3.05, 3.63) is 78.1 Å². The zero-order valence-corrected chi connectivity index (χ0v) is 18.3. The summed E-state index contributed by atoms with van der Waals surface area (Å²) in [6.45, 7) is 6.47. The second-order valence-electron chi connectivity index (χ2n) is 8.54. The van der Waals surface area contributed by atoms with Gasteiger partial charge in [0.2, 0.25) is 11.9 Å². The molecule has 5 heteroatoms. The number of rotatable bonds is 6. The quantitative estimate of drug-likeness (QED) is 0.629. The Bertz CT molecular complexity index is 984. The van der Waals surface area contributed by atoms with Gasteiger partial charge in [0.25, 0.3) is 0 Å². The third-order valence-corrected chi connectivity index (χ3v) is 5.93. The van der Waals surface area contributed by atoms with Gasteiger partial charge in [0.1, 0.15) is 0 Å². The summed E-state index contributed by atoms with van der Waals surface area (Å²) in [6.07, 6.45) is 5.59. The molecule has 0 unspecified atom stereocenters. The molecule has 1 atom stereocenters. The van der Waals surface area contributed by atoms with E-state index < -0.39 is 0 Å². The zero-order valence-electron chi connectivity index (χ0n) is 18.3. The first-order valence-corrected chi connectivity index (χ1v) is 11.1. The Morgan fingerprint density at radius 2 is 1.74 bits per heavy atom. The fraction of sp³-hybridized carbons (Fsp3) is 0.346. The van der Waals surface area contributed by atoms with Gasteiger partial charge in [0.05, 0.1) is 5.92 Å². The lowest BCUT2D eigenvalue weighted by Gasteiger charge is -2.32. The second kappa shape index (κ2) is 9.73. The van der Waals surface area contributed by atoms with Crippen LogP contribution in [0.3, 0.4) is 0 Å². The Morgan fingerprint density at radius 1 is 1.03 bits per heavy atom. The van der Waals surface area contributed by atoms with Crippen molar-refractivity contribution in [2.24, 2.45) is 5.92 Å². The van der Waals surface area contributed by atoms with Crippen molar-refractivity contribution >= 4 is 11.9 Å². The summed E-state index contributed by atoms with van der Waals surface area (Å²) in [7, 11) is 0. The summed E-state index contributed by atoms with van der Waals surface area (Å²) in [4.78, 5) is 24.1. The van der Waals surface area contributed by atoms with Crippen LogP contribution in [0.15, 0.2) is 67.0 Å². The standard InChI is InChI=1S/C26H30N4O/c1-19(2)21-12-10-20(11-13-21)15-27-25(31)23-9-6-14-30(18-23)26-28-16-24(17-29-26)22-7-4-3-5-8-22/h3-5,7-8,10-13,16-17,19,23H,6,9,14-15,18H2,1-2H3,(H,27,31)/t23-/m0/s1. The Labute approximate surface area is 184 Å². The number of piperidine rings is 1. The predicted molar refractivity (Wildman–Crippen MR) is 125 cm³/mol. The topological polar surface area (TPSA) is 58.1 Å². The Balaban J connectivity index is 1.34. The number of nitrogens with zero attached hydrogens (tertiary/aromatic N) is 3. The maximum Gasteiger partial charge on any atom is 0.225 e. The molecule has 4 rings (SSSR count). The molecule has 0 radical (unpaired) electrons. The van der Waals surface area contributed by atoms with E-state index in [-0.39, 0.29) is 11.8 Å².